The fourth-order valence-electron chi connectivity index (χ4n) is 4.59. The van der Waals surface area contributed by atoms with Crippen LogP contribution in [0.1, 0.15) is 13.8 Å². The highest BCUT2D eigenvalue weighted by molar-refractivity contribution is 6.29. The largest absolute Gasteiger partial charge is 0.472 e. The highest BCUT2D eigenvalue weighted by Crippen LogP contribution is 2.23. The molecule has 0 aliphatic carbocycles. The summed E-state index contributed by atoms with van der Waals surface area (Å²) in [7, 11) is 3.24. The molecule has 50 heavy (non-hydrogen) atoms. The molecule has 260 valence electrons. The van der Waals surface area contributed by atoms with E-state index < -0.39 is 9.85 Å². The first-order chi connectivity index (χ1) is 23.9. The van der Waals surface area contributed by atoms with Gasteiger partial charge in [-0.2, -0.15) is 0 Å². The summed E-state index contributed by atoms with van der Waals surface area (Å²) in [5.74, 6) is 1.02. The van der Waals surface area contributed by atoms with Crippen molar-refractivity contribution in [3.8, 4) is 11.8 Å². The number of hydrogen-bond donors (Lipinski definition) is 1. The molecule has 2 atom stereocenters. The van der Waals surface area contributed by atoms with Gasteiger partial charge in [0, 0.05) is 72.5 Å². The molecule has 6 aromatic rings. The molecular weight excluding hydrogens is 668 g/mol. The van der Waals surface area contributed by atoms with Gasteiger partial charge in [-0.05, 0) is 62.4 Å². The first-order valence-corrected chi connectivity index (χ1v) is 15.6. The number of benzene rings is 3. The number of methoxy groups -OCH3 is 2. The highest BCUT2D eigenvalue weighted by Gasteiger charge is 2.10. The Morgan fingerprint density at radius 2 is 1.04 bits per heavy atom. The number of ether oxygens (including phenoxy) is 4. The minimum atomic E-state index is -0.456. The van der Waals surface area contributed by atoms with Crippen molar-refractivity contribution >= 4 is 61.4 Å². The van der Waals surface area contributed by atoms with Crippen molar-refractivity contribution in [1.29, 1.82) is 0 Å². The summed E-state index contributed by atoms with van der Waals surface area (Å²) in [6.45, 7) is 4.79. The van der Waals surface area contributed by atoms with Gasteiger partial charge in [0.25, 0.3) is 11.4 Å². The first kappa shape index (κ1) is 37.1. The molecule has 0 aliphatic heterocycles. The summed E-state index contributed by atoms with van der Waals surface area (Å²) in [5.41, 5.74) is 8.37. The fourth-order valence-corrected chi connectivity index (χ4v) is 4.75. The van der Waals surface area contributed by atoms with Crippen LogP contribution in [-0.4, -0.2) is 64.4 Å². The first-order valence-electron chi connectivity index (χ1n) is 15.2. The SMILES string of the molecule is COCC(C)Oc1ccc2ccc(N)cc2n1.COCC(C)Oc1ccc2ccc([N+](=O)[O-])cc2n1.O=[N+]([O-])c1ccc2ccc(Cl)nc2c1. The lowest BCUT2D eigenvalue weighted by Crippen LogP contribution is -2.18. The average molecular weight is 703 g/mol. The fraction of sp³-hybridized carbons (Fsp3) is 0.229. The average Bonchev–Trinajstić information content (AvgIpc) is 3.08. The van der Waals surface area contributed by atoms with E-state index in [4.69, 9.17) is 36.3 Å². The van der Waals surface area contributed by atoms with E-state index in [1.54, 1.807) is 44.6 Å². The second-order valence-electron chi connectivity index (χ2n) is 10.9. The quantitative estimate of drug-likeness (QED) is 0.0638. The van der Waals surface area contributed by atoms with Crippen LogP contribution in [-0.2, 0) is 9.47 Å². The smallest absolute Gasteiger partial charge is 0.271 e. The van der Waals surface area contributed by atoms with Crippen LogP contribution in [0.25, 0.3) is 32.7 Å². The number of anilines is 1. The van der Waals surface area contributed by atoms with E-state index in [9.17, 15) is 20.2 Å². The van der Waals surface area contributed by atoms with Gasteiger partial charge in [0.2, 0.25) is 11.8 Å². The summed E-state index contributed by atoms with van der Waals surface area (Å²) in [6, 6.07) is 25.5. The molecule has 0 amide bonds. The molecule has 0 bridgehead atoms. The Morgan fingerprint density at radius 1 is 0.640 bits per heavy atom. The van der Waals surface area contributed by atoms with Crippen LogP contribution in [0.2, 0.25) is 5.15 Å². The number of nitro benzene ring substituents is 2. The van der Waals surface area contributed by atoms with E-state index in [0.29, 0.717) is 46.8 Å². The zero-order valence-electron chi connectivity index (χ0n) is 27.7. The molecule has 0 spiro atoms. The second kappa shape index (κ2) is 17.6. The number of pyridine rings is 3. The molecule has 0 fully saturated rings. The lowest BCUT2D eigenvalue weighted by atomic mass is 10.2. The van der Waals surface area contributed by atoms with Crippen molar-refractivity contribution in [3.05, 3.63) is 116 Å². The molecule has 0 aliphatic rings. The van der Waals surface area contributed by atoms with Crippen molar-refractivity contribution in [2.75, 3.05) is 33.2 Å². The van der Waals surface area contributed by atoms with Crippen LogP contribution >= 0.6 is 11.6 Å². The molecule has 15 heteroatoms. The van der Waals surface area contributed by atoms with Gasteiger partial charge in [0.1, 0.15) is 17.4 Å². The van der Waals surface area contributed by atoms with Crippen molar-refractivity contribution < 1.29 is 28.8 Å². The number of nitro groups is 2. The zero-order chi connectivity index (χ0) is 36.2. The standard InChI is InChI=1S/C13H14N2O4.C13H16N2O2.C9H5ClN2O2/c1-9(8-18-2)19-13-6-4-10-3-5-11(15(16)17)7-12(10)14-13;1-9(8-16-2)17-13-6-4-10-3-5-11(14)7-12(10)15-13;10-9-4-2-6-1-3-7(12(13)14)5-8(6)11-9/h3-7,9H,8H2,1-2H3;3-7,9H,8,14H2,1-2H3;1-5H. The van der Waals surface area contributed by atoms with Gasteiger partial charge in [0.05, 0.1) is 39.6 Å². The number of nitrogens with zero attached hydrogens (tertiary/aromatic N) is 5. The number of fused-ring (bicyclic) bond motifs is 3. The van der Waals surface area contributed by atoms with Crippen molar-refractivity contribution in [3.63, 3.8) is 0 Å². The van der Waals surface area contributed by atoms with Crippen molar-refractivity contribution in [2.45, 2.75) is 26.1 Å². The van der Waals surface area contributed by atoms with Crippen molar-refractivity contribution in [2.24, 2.45) is 0 Å². The minimum absolute atomic E-state index is 0.0158. The van der Waals surface area contributed by atoms with Gasteiger partial charge in [0.15, 0.2) is 0 Å². The Labute approximate surface area is 292 Å². The minimum Gasteiger partial charge on any atom is -0.472 e. The number of nitrogens with two attached hydrogens (primary N) is 1. The number of nitrogen functional groups attached to an aromatic ring is 1. The maximum Gasteiger partial charge on any atom is 0.271 e. The Hall–Kier alpha value is -5.70. The molecular formula is C35H35ClN6O8. The van der Waals surface area contributed by atoms with Gasteiger partial charge in [-0.3, -0.25) is 20.2 Å². The van der Waals surface area contributed by atoms with Gasteiger partial charge >= 0.3 is 0 Å². The Kier molecular flexibility index (Phi) is 13.1. The molecule has 3 heterocycles. The molecule has 0 radical (unpaired) electrons. The van der Waals surface area contributed by atoms with E-state index in [-0.39, 0.29) is 23.6 Å². The molecule has 0 saturated heterocycles. The molecule has 0 saturated carbocycles. The lowest BCUT2D eigenvalue weighted by molar-refractivity contribution is -0.384. The van der Waals surface area contributed by atoms with Crippen LogP contribution in [0.4, 0.5) is 17.1 Å². The Bertz CT molecular complexity index is 2100. The number of non-ortho nitro benzene ring substituents is 2. The van der Waals surface area contributed by atoms with Gasteiger partial charge in [-0.1, -0.05) is 17.7 Å². The normalized spacial score (nSPS) is 11.9. The second-order valence-corrected chi connectivity index (χ2v) is 11.3. The number of hydrogen-bond acceptors (Lipinski definition) is 12. The molecule has 2 N–H and O–H groups in total. The highest BCUT2D eigenvalue weighted by atomic mass is 35.5. The predicted octanol–water partition coefficient (Wildman–Crippen LogP) is 7.58. The van der Waals surface area contributed by atoms with E-state index >= 15 is 0 Å². The topological polar surface area (TPSA) is 188 Å². The van der Waals surface area contributed by atoms with Crippen LogP contribution < -0.4 is 15.2 Å². The molecule has 14 nitrogen and oxygen atoms in total. The number of rotatable bonds is 10. The molecule has 6 rings (SSSR count). The molecule has 2 unspecified atom stereocenters. The molecule has 3 aromatic heterocycles. The summed E-state index contributed by atoms with van der Waals surface area (Å²) >= 11 is 5.67. The van der Waals surface area contributed by atoms with Crippen molar-refractivity contribution in [1.82, 2.24) is 15.0 Å². The van der Waals surface area contributed by atoms with Crippen LogP contribution in [0.5, 0.6) is 11.8 Å². The van der Waals surface area contributed by atoms with Crippen LogP contribution in [0.3, 0.4) is 0 Å². The monoisotopic (exact) mass is 702 g/mol. The number of aromatic nitrogens is 3. The summed E-state index contributed by atoms with van der Waals surface area (Å²) < 4.78 is 21.2. The van der Waals surface area contributed by atoms with Gasteiger partial charge < -0.3 is 24.7 Å². The summed E-state index contributed by atoms with van der Waals surface area (Å²) in [5, 5.41) is 24.2. The van der Waals surface area contributed by atoms with Crippen LogP contribution in [0.15, 0.2) is 91.0 Å². The summed E-state index contributed by atoms with van der Waals surface area (Å²) in [6.07, 6.45) is -0.153. The zero-order valence-corrected chi connectivity index (χ0v) is 28.4. The summed E-state index contributed by atoms with van der Waals surface area (Å²) in [4.78, 5) is 32.9. The predicted molar refractivity (Wildman–Crippen MR) is 192 cm³/mol. The third-order valence-electron chi connectivity index (χ3n) is 6.85. The maximum atomic E-state index is 10.7. The Balaban J connectivity index is 0.000000170. The van der Waals surface area contributed by atoms with Crippen LogP contribution in [0, 0.1) is 20.2 Å². The maximum absolute atomic E-state index is 10.7. The third kappa shape index (κ3) is 10.7. The van der Waals surface area contributed by atoms with E-state index in [2.05, 4.69) is 15.0 Å². The lowest BCUT2D eigenvalue weighted by Gasteiger charge is -2.13. The third-order valence-corrected chi connectivity index (χ3v) is 7.06. The van der Waals surface area contributed by atoms with E-state index in [1.165, 1.54) is 24.3 Å². The molecule has 3 aromatic carbocycles. The van der Waals surface area contributed by atoms with E-state index in [0.717, 1.165) is 21.7 Å². The Morgan fingerprint density at radius 3 is 1.50 bits per heavy atom. The van der Waals surface area contributed by atoms with E-state index in [1.807, 2.05) is 50.2 Å². The van der Waals surface area contributed by atoms with Gasteiger partial charge in [-0.15, -0.1) is 0 Å². The van der Waals surface area contributed by atoms with Gasteiger partial charge in [-0.25, -0.2) is 15.0 Å². The number of halogens is 1.